The summed E-state index contributed by atoms with van der Waals surface area (Å²) < 4.78 is 11.3. The summed E-state index contributed by atoms with van der Waals surface area (Å²) in [6.07, 6.45) is 1.30. The van der Waals surface area contributed by atoms with Gasteiger partial charge in [0.1, 0.15) is 15.8 Å². The van der Waals surface area contributed by atoms with E-state index in [4.69, 9.17) is 73.0 Å². The number of halogens is 5. The zero-order valence-electron chi connectivity index (χ0n) is 14.4. The van der Waals surface area contributed by atoms with Crippen LogP contribution in [0.5, 0.6) is 11.5 Å². The van der Waals surface area contributed by atoms with Gasteiger partial charge >= 0.3 is 6.21 Å². The van der Waals surface area contributed by atoms with E-state index in [2.05, 4.69) is 4.79 Å². The Morgan fingerprint density at radius 2 is 1.61 bits per heavy atom. The van der Waals surface area contributed by atoms with E-state index < -0.39 is 5.78 Å². The highest BCUT2D eigenvalue weighted by Crippen LogP contribution is 2.48. The number of carbonyl (C=O) groups is 1. The van der Waals surface area contributed by atoms with Gasteiger partial charge in [-0.2, -0.15) is 4.79 Å². The number of Topliss-reactive ketones (excluding diaryl/α,β-unsaturated/α-hetero) is 1. The number of carbonyl (C=O) groups excluding carboxylic acids is 1. The van der Waals surface area contributed by atoms with Crippen LogP contribution in [0.3, 0.4) is 0 Å². The number of ketones is 1. The van der Waals surface area contributed by atoms with Crippen LogP contribution in [0, 0.1) is 6.92 Å². The summed E-state index contributed by atoms with van der Waals surface area (Å²) >= 11 is 30.1. The average Bonchev–Trinajstić information content (AvgIpc) is 2.68. The molecule has 0 spiro atoms. The maximum Gasteiger partial charge on any atom is 0.328 e. The number of hydrogen-bond acceptors (Lipinski definition) is 3. The first-order valence-corrected chi connectivity index (χ1v) is 9.76. The van der Waals surface area contributed by atoms with Crippen molar-refractivity contribution in [2.75, 3.05) is 13.2 Å². The first-order valence-electron chi connectivity index (χ1n) is 7.87. The summed E-state index contributed by atoms with van der Waals surface area (Å²) in [7, 11) is 0. The van der Waals surface area contributed by atoms with Gasteiger partial charge < -0.3 is 15.0 Å². The van der Waals surface area contributed by atoms with E-state index in [1.54, 1.807) is 18.2 Å². The van der Waals surface area contributed by atoms with Gasteiger partial charge in [0, 0.05) is 13.4 Å². The van der Waals surface area contributed by atoms with Crippen LogP contribution in [-0.2, 0) is 0 Å². The van der Waals surface area contributed by atoms with Gasteiger partial charge in [0.2, 0.25) is 0 Å². The number of ether oxygens (including phenoxy) is 2. The maximum atomic E-state index is 11.7. The zero-order valence-corrected chi connectivity index (χ0v) is 18.2. The van der Waals surface area contributed by atoms with Gasteiger partial charge in [0.15, 0.2) is 5.75 Å². The Labute approximate surface area is 188 Å². The molecule has 0 aromatic heterocycles. The standard InChI is InChI=1S/C18H13Cl5N2O3.H2/c1-9-3-4-10(11(26)8-25-24)7-12(9)27-5-2-6-28-18-16(22)14(20)13(19)15(21)17(18)23;/h3-4,7-8H,2,5-6H2,1H3;1H. The van der Waals surface area contributed by atoms with Crippen molar-refractivity contribution < 1.29 is 20.5 Å². The minimum atomic E-state index is -0.434. The summed E-state index contributed by atoms with van der Waals surface area (Å²) in [5, 5.41) is 0.342. The van der Waals surface area contributed by atoms with E-state index in [0.717, 1.165) is 11.8 Å². The van der Waals surface area contributed by atoms with Crippen LogP contribution in [0.15, 0.2) is 18.2 Å². The normalized spacial score (nSPS) is 10.4. The molecule has 0 saturated heterocycles. The molecule has 0 amide bonds. The molecule has 0 bridgehead atoms. The third-order valence-corrected chi connectivity index (χ3v) is 5.85. The Morgan fingerprint density at radius 3 is 2.21 bits per heavy atom. The van der Waals surface area contributed by atoms with Gasteiger partial charge in [0.25, 0.3) is 5.78 Å². The second-order valence-corrected chi connectivity index (χ2v) is 7.43. The van der Waals surface area contributed by atoms with Crippen molar-refractivity contribution >= 4 is 70.0 Å². The fraction of sp³-hybridized carbons (Fsp3) is 0.222. The fourth-order valence-electron chi connectivity index (χ4n) is 2.16. The molecule has 2 rings (SSSR count). The molecule has 0 fully saturated rings. The number of benzene rings is 2. The summed E-state index contributed by atoms with van der Waals surface area (Å²) in [4.78, 5) is 14.5. The van der Waals surface area contributed by atoms with Gasteiger partial charge in [-0.15, -0.1) is 0 Å². The molecule has 0 atom stereocenters. The van der Waals surface area contributed by atoms with Crippen LogP contribution in [0.4, 0.5) is 0 Å². The molecule has 0 aliphatic heterocycles. The minimum absolute atomic E-state index is 0. The largest absolute Gasteiger partial charge is 0.493 e. The molecule has 0 unspecified atom stereocenters. The molecule has 10 heteroatoms. The molecule has 0 aliphatic carbocycles. The number of hydrogen-bond donors (Lipinski definition) is 0. The molecule has 0 N–H and O–H groups in total. The lowest BCUT2D eigenvalue weighted by Gasteiger charge is -2.14. The molecule has 0 heterocycles. The highest BCUT2D eigenvalue weighted by atomic mass is 35.5. The van der Waals surface area contributed by atoms with Crippen LogP contribution in [-0.4, -0.2) is 30.0 Å². The van der Waals surface area contributed by atoms with E-state index >= 15 is 0 Å². The Balaban J connectivity index is 0.00000420. The number of aryl methyl sites for hydroxylation is 1. The molecule has 5 nitrogen and oxygen atoms in total. The van der Waals surface area contributed by atoms with Crippen molar-refractivity contribution in [3.05, 3.63) is 60.0 Å². The van der Waals surface area contributed by atoms with Crippen LogP contribution in [0.2, 0.25) is 25.1 Å². The smallest absolute Gasteiger partial charge is 0.328 e. The van der Waals surface area contributed by atoms with Crippen LogP contribution in [0.25, 0.3) is 5.53 Å². The first kappa shape index (κ1) is 22.8. The van der Waals surface area contributed by atoms with Gasteiger partial charge in [0.05, 0.1) is 28.3 Å². The Hall–Kier alpha value is -1.46. The fourth-order valence-corrected chi connectivity index (χ4v) is 3.39. The highest BCUT2D eigenvalue weighted by molar-refractivity contribution is 6.55. The average molecular weight is 485 g/mol. The highest BCUT2D eigenvalue weighted by Gasteiger charge is 2.20. The van der Waals surface area contributed by atoms with E-state index in [1.165, 1.54) is 0 Å². The summed E-state index contributed by atoms with van der Waals surface area (Å²) in [5.74, 6) is 0.247. The quantitative estimate of drug-likeness (QED) is 0.0783. The van der Waals surface area contributed by atoms with E-state index in [0.29, 0.717) is 24.3 Å². The third kappa shape index (κ3) is 5.32. The first-order chi connectivity index (χ1) is 13.3. The molecule has 0 aliphatic rings. The monoisotopic (exact) mass is 482 g/mol. The van der Waals surface area contributed by atoms with Crippen LogP contribution >= 0.6 is 58.0 Å². The predicted molar refractivity (Wildman–Crippen MR) is 114 cm³/mol. The number of rotatable bonds is 8. The second kappa shape index (κ2) is 10.4. The van der Waals surface area contributed by atoms with E-state index in [1.807, 2.05) is 6.92 Å². The van der Waals surface area contributed by atoms with E-state index in [9.17, 15) is 4.79 Å². The lowest BCUT2D eigenvalue weighted by Crippen LogP contribution is -2.07. The van der Waals surface area contributed by atoms with E-state index in [-0.39, 0.29) is 38.9 Å². The van der Waals surface area contributed by atoms with Gasteiger partial charge in [-0.1, -0.05) is 70.1 Å². The molecular weight excluding hydrogens is 469 g/mol. The minimum Gasteiger partial charge on any atom is -0.493 e. The summed E-state index contributed by atoms with van der Waals surface area (Å²) in [5.41, 5.74) is 9.66. The van der Waals surface area contributed by atoms with Gasteiger partial charge in [-0.3, -0.25) is 4.79 Å². The number of nitrogens with zero attached hydrogens (tertiary/aromatic N) is 2. The van der Waals surface area contributed by atoms with Crippen LogP contribution < -0.4 is 9.47 Å². The summed E-state index contributed by atoms with van der Waals surface area (Å²) in [6, 6.07) is 4.93. The second-order valence-electron chi connectivity index (χ2n) is 5.54. The molecule has 2 aromatic carbocycles. The topological polar surface area (TPSA) is 71.9 Å². The Bertz CT molecular complexity index is 936. The SMILES string of the molecule is Cc1ccc(C(=O)C=[N+]=[N-])cc1OCCCOc1c(Cl)c(Cl)c(Cl)c(Cl)c1Cl.[HH]. The molecule has 0 saturated carbocycles. The van der Waals surface area contributed by atoms with Crippen molar-refractivity contribution in [2.24, 2.45) is 0 Å². The van der Waals surface area contributed by atoms with Gasteiger partial charge in [-0.05, 0) is 18.6 Å². The lowest BCUT2D eigenvalue weighted by molar-refractivity contribution is 0.00234. The lowest BCUT2D eigenvalue weighted by atomic mass is 10.1. The van der Waals surface area contributed by atoms with Crippen molar-refractivity contribution in [3.8, 4) is 11.5 Å². The van der Waals surface area contributed by atoms with Gasteiger partial charge in [-0.25, -0.2) is 0 Å². The predicted octanol–water partition coefficient (Wildman–Crippen LogP) is 6.84. The van der Waals surface area contributed by atoms with Crippen molar-refractivity contribution in [1.82, 2.24) is 0 Å². The van der Waals surface area contributed by atoms with Crippen molar-refractivity contribution in [3.63, 3.8) is 0 Å². The zero-order chi connectivity index (χ0) is 20.8. The Morgan fingerprint density at radius 1 is 1.04 bits per heavy atom. The van der Waals surface area contributed by atoms with Crippen LogP contribution in [0.1, 0.15) is 23.8 Å². The molecule has 150 valence electrons. The maximum absolute atomic E-state index is 11.7. The molecule has 0 radical (unpaired) electrons. The molecule has 2 aromatic rings. The third-order valence-electron chi connectivity index (χ3n) is 3.61. The summed E-state index contributed by atoms with van der Waals surface area (Å²) in [6.45, 7) is 2.37. The molecule has 28 heavy (non-hydrogen) atoms. The van der Waals surface area contributed by atoms with Crippen molar-refractivity contribution in [1.29, 1.82) is 0 Å². The molecular formula is C18H15Cl5N2O3. The Kier molecular flexibility index (Phi) is 8.44. The van der Waals surface area contributed by atoms with Crippen molar-refractivity contribution in [2.45, 2.75) is 13.3 Å².